The predicted octanol–water partition coefficient (Wildman–Crippen LogP) is -2.59. The average Bonchev–Trinajstić information content (AvgIpc) is 2.56. The summed E-state index contributed by atoms with van der Waals surface area (Å²) in [6, 6.07) is 6.02. The van der Waals surface area contributed by atoms with Gasteiger partial charge in [0, 0.05) is 17.9 Å². The van der Waals surface area contributed by atoms with Gasteiger partial charge in [0.1, 0.15) is 19.1 Å². The molecule has 0 aliphatic heterocycles. The molecule has 0 bridgehead atoms. The highest BCUT2D eigenvalue weighted by molar-refractivity contribution is 7.80. The molecule has 8 nitrogen and oxygen atoms in total. The number of amides is 1. The number of hydrogen-bond acceptors (Lipinski definition) is 4. The van der Waals surface area contributed by atoms with Crippen LogP contribution in [0.3, 0.4) is 0 Å². The maximum Gasteiger partial charge on any atom is 0.230 e. The van der Waals surface area contributed by atoms with Gasteiger partial charge in [0.25, 0.3) is 0 Å². The van der Waals surface area contributed by atoms with Crippen LogP contribution in [0.1, 0.15) is 6.42 Å². The smallest absolute Gasteiger partial charge is 0.230 e. The molecule has 1 aromatic carbocycles. The van der Waals surface area contributed by atoms with E-state index in [1.807, 2.05) is 0 Å². The van der Waals surface area contributed by atoms with E-state index in [0.717, 1.165) is 0 Å². The fourth-order valence-corrected chi connectivity index (χ4v) is 2.21. The molecule has 0 fully saturated rings. The summed E-state index contributed by atoms with van der Waals surface area (Å²) in [5, 5.41) is 21.6. The Hall–Kier alpha value is -2.49. The molecule has 0 radical (unpaired) electrons. The summed E-state index contributed by atoms with van der Waals surface area (Å²) in [7, 11) is 0. The molecule has 0 saturated carbocycles. The predicted molar refractivity (Wildman–Crippen MR) is 97.5 cm³/mol. The molecule has 0 aliphatic carbocycles. The van der Waals surface area contributed by atoms with E-state index in [0.29, 0.717) is 36.1 Å². The van der Waals surface area contributed by atoms with Crippen molar-refractivity contribution >= 4 is 40.6 Å². The van der Waals surface area contributed by atoms with Crippen molar-refractivity contribution < 1.29 is 25.7 Å². The van der Waals surface area contributed by atoms with Crippen molar-refractivity contribution in [2.45, 2.75) is 12.5 Å². The van der Waals surface area contributed by atoms with Gasteiger partial charge >= 0.3 is 0 Å². The van der Waals surface area contributed by atoms with Gasteiger partial charge in [-0.05, 0) is 30.4 Å². The first-order valence-corrected chi connectivity index (χ1v) is 8.26. The van der Waals surface area contributed by atoms with E-state index in [1.54, 1.807) is 35.7 Å². The number of carbonyl (C=O) groups excluding carboxylic acids is 2. The van der Waals surface area contributed by atoms with E-state index in [4.69, 9.17) is 12.2 Å². The van der Waals surface area contributed by atoms with Crippen LogP contribution in [0.4, 0.5) is 11.4 Å². The molecule has 1 atom stereocenters. The lowest BCUT2D eigenvalue weighted by Crippen LogP contribution is -2.95. The number of quaternary nitrogens is 2. The van der Waals surface area contributed by atoms with Crippen molar-refractivity contribution in [3.8, 4) is 0 Å². The van der Waals surface area contributed by atoms with Gasteiger partial charge in [-0.25, -0.2) is 0 Å². The molecule has 1 aromatic rings. The average molecular weight is 366 g/mol. The number of thiocarbonyl (C=S) groups is 1. The number of aliphatic carboxylic acids is 1. The van der Waals surface area contributed by atoms with E-state index in [1.165, 1.54) is 0 Å². The number of carboxylic acids is 1. The van der Waals surface area contributed by atoms with Crippen molar-refractivity contribution in [1.29, 1.82) is 0 Å². The van der Waals surface area contributed by atoms with Gasteiger partial charge < -0.3 is 36.9 Å². The molecule has 0 heterocycles. The maximum absolute atomic E-state index is 12.1. The highest BCUT2D eigenvalue weighted by Gasteiger charge is 2.18. The summed E-state index contributed by atoms with van der Waals surface area (Å²) in [5.41, 5.74) is 4.87. The molecule has 9 heteroatoms. The number of benzene rings is 1. The van der Waals surface area contributed by atoms with Gasteiger partial charge in [0.05, 0.1) is 12.4 Å². The third kappa shape index (κ3) is 8.25. The second kappa shape index (κ2) is 11.1. The van der Waals surface area contributed by atoms with Crippen molar-refractivity contribution in [1.82, 2.24) is 5.32 Å². The van der Waals surface area contributed by atoms with E-state index in [9.17, 15) is 14.7 Å². The van der Waals surface area contributed by atoms with Crippen LogP contribution in [0.25, 0.3) is 0 Å². The monoisotopic (exact) mass is 366 g/mol. The Balaban J connectivity index is 2.61. The summed E-state index contributed by atoms with van der Waals surface area (Å²) in [6.07, 6.45) is 1.50. The Bertz CT molecular complexity index is 624. The normalized spacial score (nSPS) is 11.2. The number of rotatable bonds is 10. The molecule has 25 heavy (non-hydrogen) atoms. The molecule has 0 aliphatic rings. The topological polar surface area (TPSA) is 138 Å². The largest absolute Gasteiger partial charge is 0.544 e. The SMILES string of the molecule is C=CCNC(=S)Nc1cccc(NC(=O)C[C@@H]([NH2+]CC[NH3+])C(=O)[O-])c1. The van der Waals surface area contributed by atoms with Crippen molar-refractivity contribution in [3.05, 3.63) is 36.9 Å². The van der Waals surface area contributed by atoms with E-state index in [2.05, 4.69) is 28.3 Å². The Labute approximate surface area is 151 Å². The summed E-state index contributed by atoms with van der Waals surface area (Å²) in [4.78, 5) is 23.1. The van der Waals surface area contributed by atoms with Crippen LogP contribution < -0.4 is 32.1 Å². The van der Waals surface area contributed by atoms with Crippen LogP contribution in [-0.4, -0.2) is 42.7 Å². The summed E-state index contributed by atoms with van der Waals surface area (Å²) < 4.78 is 0. The molecule has 1 rings (SSSR count). The summed E-state index contributed by atoms with van der Waals surface area (Å²) >= 11 is 5.12. The number of carbonyl (C=O) groups is 2. The van der Waals surface area contributed by atoms with E-state index >= 15 is 0 Å². The van der Waals surface area contributed by atoms with E-state index < -0.39 is 17.9 Å². The van der Waals surface area contributed by atoms with E-state index in [-0.39, 0.29) is 6.42 Å². The fourth-order valence-electron chi connectivity index (χ4n) is 2.01. The number of anilines is 2. The Morgan fingerprint density at radius 1 is 1.36 bits per heavy atom. The minimum Gasteiger partial charge on any atom is -0.544 e. The van der Waals surface area contributed by atoms with Crippen molar-refractivity contribution in [2.24, 2.45) is 0 Å². The molecular weight excluding hydrogens is 342 g/mol. The Kier molecular flexibility index (Phi) is 9.15. The summed E-state index contributed by atoms with van der Waals surface area (Å²) in [5.74, 6) is -1.67. The second-order valence-electron chi connectivity index (χ2n) is 5.26. The van der Waals surface area contributed by atoms with Gasteiger partial charge in [-0.15, -0.1) is 6.58 Å². The lowest BCUT2D eigenvalue weighted by atomic mass is 10.2. The lowest BCUT2D eigenvalue weighted by molar-refractivity contribution is -0.695. The van der Waals surface area contributed by atoms with Crippen molar-refractivity contribution in [2.75, 3.05) is 30.3 Å². The Morgan fingerprint density at radius 2 is 2.04 bits per heavy atom. The first-order chi connectivity index (χ1) is 12.0. The number of nitrogens with two attached hydrogens (primary N) is 1. The van der Waals surface area contributed by atoms with Crippen molar-refractivity contribution in [3.63, 3.8) is 0 Å². The van der Waals surface area contributed by atoms with Crippen LogP contribution in [-0.2, 0) is 9.59 Å². The quantitative estimate of drug-likeness (QED) is 0.228. The second-order valence-corrected chi connectivity index (χ2v) is 5.67. The minimum absolute atomic E-state index is 0.181. The molecule has 8 N–H and O–H groups in total. The first-order valence-electron chi connectivity index (χ1n) is 7.85. The number of nitrogens with one attached hydrogen (secondary N) is 3. The lowest BCUT2D eigenvalue weighted by Gasteiger charge is -2.16. The van der Waals surface area contributed by atoms with Gasteiger partial charge in [-0.1, -0.05) is 12.1 Å². The standard InChI is InChI=1S/C16H23N5O3S/c1-2-7-19-16(25)21-12-5-3-4-11(9-12)20-14(22)10-13(15(23)24)18-8-6-17/h2-5,9,13,18H,1,6-8,10,17H2,(H,20,22)(H,23,24)(H2,19,21,25)/p+1/t13-/m1/s1. The number of hydrogen-bond donors (Lipinski definition) is 5. The summed E-state index contributed by atoms with van der Waals surface area (Å²) in [6.45, 7) is 5.21. The zero-order valence-electron chi connectivity index (χ0n) is 13.9. The molecular formula is C16H24N5O3S+. The zero-order valence-corrected chi connectivity index (χ0v) is 14.7. The number of carboxylic acid groups (broad SMARTS) is 1. The van der Waals surface area contributed by atoms with Crippen LogP contribution in [0, 0.1) is 0 Å². The molecule has 0 spiro atoms. The van der Waals surface area contributed by atoms with Crippen LogP contribution >= 0.6 is 12.2 Å². The highest BCUT2D eigenvalue weighted by Crippen LogP contribution is 2.15. The fraction of sp³-hybridized carbons (Fsp3) is 0.312. The van der Waals surface area contributed by atoms with Crippen LogP contribution in [0.5, 0.6) is 0 Å². The zero-order chi connectivity index (χ0) is 18.7. The van der Waals surface area contributed by atoms with Gasteiger partial charge in [0.15, 0.2) is 5.11 Å². The molecule has 0 unspecified atom stereocenters. The molecule has 1 amide bonds. The first kappa shape index (κ1) is 20.6. The minimum atomic E-state index is -1.27. The molecule has 0 saturated heterocycles. The molecule has 0 aromatic heterocycles. The van der Waals surface area contributed by atoms with Gasteiger partial charge in [-0.2, -0.15) is 0 Å². The van der Waals surface area contributed by atoms with Gasteiger partial charge in [0.2, 0.25) is 5.91 Å². The molecule has 136 valence electrons. The van der Waals surface area contributed by atoms with Crippen LogP contribution in [0.2, 0.25) is 0 Å². The third-order valence-electron chi connectivity index (χ3n) is 3.17. The van der Waals surface area contributed by atoms with Crippen LogP contribution in [0.15, 0.2) is 36.9 Å². The third-order valence-corrected chi connectivity index (χ3v) is 3.42. The highest BCUT2D eigenvalue weighted by atomic mass is 32.1. The van der Waals surface area contributed by atoms with Gasteiger partial charge in [-0.3, -0.25) is 4.79 Å². The Morgan fingerprint density at radius 3 is 2.64 bits per heavy atom. The maximum atomic E-state index is 12.1.